The second-order valence-electron chi connectivity index (χ2n) is 7.67. The highest BCUT2D eigenvalue weighted by Crippen LogP contribution is 2.23. The van der Waals surface area contributed by atoms with Gasteiger partial charge in [0.25, 0.3) is 0 Å². The zero-order valence-electron chi connectivity index (χ0n) is 18.2. The van der Waals surface area contributed by atoms with E-state index in [1.807, 2.05) is 18.5 Å². The summed E-state index contributed by atoms with van der Waals surface area (Å²) in [6.45, 7) is 11.8. The van der Waals surface area contributed by atoms with Crippen molar-refractivity contribution >= 4 is 5.96 Å². The minimum Gasteiger partial charge on any atom is -0.490 e. The van der Waals surface area contributed by atoms with Gasteiger partial charge in [-0.15, -0.1) is 10.2 Å². The number of nitrogens with zero attached hydrogens (tertiary/aromatic N) is 4. The average Bonchev–Trinajstić information content (AvgIpc) is 2.94. The summed E-state index contributed by atoms with van der Waals surface area (Å²) in [6.07, 6.45) is 1.21. The van der Waals surface area contributed by atoms with Crippen molar-refractivity contribution in [1.82, 2.24) is 25.4 Å². The second kappa shape index (κ2) is 10.1. The molecule has 154 valence electrons. The standard InChI is InChI=1S/C21H34N6O/c1-14(2)10-16(4)28-19-11-15(3)8-9-18(19)12-23-21(22-6)24-13-20-26-25-17(5)27(20)7/h8-9,11,14,16H,10,12-13H2,1-7H3,(H2,22,23,24). The zero-order chi connectivity index (χ0) is 20.7. The van der Waals surface area contributed by atoms with Gasteiger partial charge in [0.2, 0.25) is 0 Å². The topological polar surface area (TPSA) is 76.4 Å². The first-order valence-corrected chi connectivity index (χ1v) is 9.85. The molecule has 1 heterocycles. The maximum Gasteiger partial charge on any atom is 0.191 e. The molecule has 1 aromatic heterocycles. The lowest BCUT2D eigenvalue weighted by atomic mass is 10.1. The molecule has 0 bridgehead atoms. The van der Waals surface area contributed by atoms with Crippen molar-refractivity contribution in [2.24, 2.45) is 18.0 Å². The first kappa shape index (κ1) is 21.7. The number of benzene rings is 1. The number of rotatable bonds is 8. The third-order valence-corrected chi connectivity index (χ3v) is 4.62. The van der Waals surface area contributed by atoms with Gasteiger partial charge in [0.05, 0.1) is 12.6 Å². The van der Waals surface area contributed by atoms with Crippen molar-refractivity contribution in [2.75, 3.05) is 7.05 Å². The molecule has 0 radical (unpaired) electrons. The summed E-state index contributed by atoms with van der Waals surface area (Å²) in [5.74, 6) is 4.00. The quantitative estimate of drug-likeness (QED) is 0.538. The third-order valence-electron chi connectivity index (χ3n) is 4.62. The summed E-state index contributed by atoms with van der Waals surface area (Å²) in [5.41, 5.74) is 2.30. The predicted molar refractivity (Wildman–Crippen MR) is 114 cm³/mol. The van der Waals surface area contributed by atoms with Crippen molar-refractivity contribution in [3.63, 3.8) is 0 Å². The summed E-state index contributed by atoms with van der Waals surface area (Å²) in [6, 6.07) is 6.32. The van der Waals surface area contributed by atoms with Crippen LogP contribution >= 0.6 is 0 Å². The minimum absolute atomic E-state index is 0.178. The Balaban J connectivity index is 1.98. The molecule has 2 aromatic rings. The Morgan fingerprint density at radius 2 is 1.86 bits per heavy atom. The van der Waals surface area contributed by atoms with Crippen LogP contribution in [0.2, 0.25) is 0 Å². The van der Waals surface area contributed by atoms with Crippen molar-refractivity contribution < 1.29 is 4.74 Å². The van der Waals surface area contributed by atoms with E-state index in [2.05, 4.69) is 71.7 Å². The fraction of sp³-hybridized carbons (Fsp3) is 0.571. The highest BCUT2D eigenvalue weighted by molar-refractivity contribution is 5.79. The largest absolute Gasteiger partial charge is 0.490 e. The number of aromatic nitrogens is 3. The molecule has 2 rings (SSSR count). The fourth-order valence-corrected chi connectivity index (χ4v) is 3.01. The molecule has 7 nitrogen and oxygen atoms in total. The highest BCUT2D eigenvalue weighted by atomic mass is 16.5. The van der Waals surface area contributed by atoms with Gasteiger partial charge in [0, 0.05) is 26.2 Å². The van der Waals surface area contributed by atoms with Crippen LogP contribution in [0.15, 0.2) is 23.2 Å². The van der Waals surface area contributed by atoms with E-state index in [9.17, 15) is 0 Å². The molecule has 7 heteroatoms. The predicted octanol–water partition coefficient (Wildman–Crippen LogP) is 3.11. The lowest BCUT2D eigenvalue weighted by Crippen LogP contribution is -2.37. The van der Waals surface area contributed by atoms with Crippen LogP contribution in [0.25, 0.3) is 0 Å². The van der Waals surface area contributed by atoms with Crippen LogP contribution < -0.4 is 15.4 Å². The second-order valence-corrected chi connectivity index (χ2v) is 7.67. The van der Waals surface area contributed by atoms with Crippen LogP contribution in [0, 0.1) is 19.8 Å². The van der Waals surface area contributed by atoms with Crippen LogP contribution in [-0.2, 0) is 20.1 Å². The van der Waals surface area contributed by atoms with Gasteiger partial charge >= 0.3 is 0 Å². The molecule has 1 unspecified atom stereocenters. The molecular formula is C21H34N6O. The number of hydrogen-bond donors (Lipinski definition) is 2. The molecule has 0 aliphatic carbocycles. The van der Waals surface area contributed by atoms with Gasteiger partial charge in [-0.1, -0.05) is 26.0 Å². The number of aryl methyl sites for hydroxylation is 2. The Morgan fingerprint density at radius 3 is 2.46 bits per heavy atom. The van der Waals surface area contributed by atoms with Crippen molar-refractivity contribution in [3.05, 3.63) is 41.0 Å². The average molecular weight is 387 g/mol. The van der Waals surface area contributed by atoms with Crippen molar-refractivity contribution in [1.29, 1.82) is 0 Å². The first-order valence-electron chi connectivity index (χ1n) is 9.85. The summed E-state index contributed by atoms with van der Waals surface area (Å²) < 4.78 is 8.19. The summed E-state index contributed by atoms with van der Waals surface area (Å²) in [5, 5.41) is 14.9. The summed E-state index contributed by atoms with van der Waals surface area (Å²) >= 11 is 0. The number of ether oxygens (including phenoxy) is 1. The number of hydrogen-bond acceptors (Lipinski definition) is 4. The van der Waals surface area contributed by atoms with Crippen LogP contribution in [-0.4, -0.2) is 33.9 Å². The number of aliphatic imine (C=N–C) groups is 1. The Kier molecular flexibility index (Phi) is 7.84. The molecule has 2 N–H and O–H groups in total. The van der Waals surface area contributed by atoms with Crippen LogP contribution in [0.5, 0.6) is 5.75 Å². The van der Waals surface area contributed by atoms with E-state index >= 15 is 0 Å². The van der Waals surface area contributed by atoms with Crippen molar-refractivity contribution in [2.45, 2.75) is 60.2 Å². The van der Waals surface area contributed by atoms with Crippen LogP contribution in [0.3, 0.4) is 0 Å². The SMILES string of the molecule is CN=C(NCc1ccc(C)cc1OC(C)CC(C)C)NCc1nnc(C)n1C. The van der Waals surface area contributed by atoms with E-state index in [0.29, 0.717) is 25.0 Å². The van der Waals surface area contributed by atoms with E-state index < -0.39 is 0 Å². The van der Waals surface area contributed by atoms with Gasteiger partial charge < -0.3 is 19.9 Å². The molecule has 1 atom stereocenters. The fourth-order valence-electron chi connectivity index (χ4n) is 3.01. The van der Waals surface area contributed by atoms with Gasteiger partial charge in [-0.2, -0.15) is 0 Å². The normalized spacial score (nSPS) is 12.9. The van der Waals surface area contributed by atoms with Gasteiger partial charge in [-0.3, -0.25) is 4.99 Å². The van der Waals surface area contributed by atoms with Gasteiger partial charge in [-0.25, -0.2) is 0 Å². The van der Waals surface area contributed by atoms with Crippen LogP contribution in [0.1, 0.15) is 50.0 Å². The van der Waals surface area contributed by atoms with Crippen molar-refractivity contribution in [3.8, 4) is 5.75 Å². The molecule has 28 heavy (non-hydrogen) atoms. The Hall–Kier alpha value is -2.57. The molecule has 0 fully saturated rings. The zero-order valence-corrected chi connectivity index (χ0v) is 18.2. The van der Waals surface area contributed by atoms with E-state index in [1.54, 1.807) is 7.05 Å². The summed E-state index contributed by atoms with van der Waals surface area (Å²) in [7, 11) is 3.71. The van der Waals surface area contributed by atoms with E-state index in [0.717, 1.165) is 29.4 Å². The number of nitrogens with one attached hydrogen (secondary N) is 2. The molecule has 0 saturated carbocycles. The smallest absolute Gasteiger partial charge is 0.191 e. The van der Waals surface area contributed by atoms with Gasteiger partial charge in [0.15, 0.2) is 11.8 Å². The maximum absolute atomic E-state index is 6.23. The molecule has 0 aliphatic rings. The van der Waals surface area contributed by atoms with Crippen LogP contribution in [0.4, 0.5) is 0 Å². The molecule has 0 saturated heterocycles. The number of guanidine groups is 1. The Labute approximate surface area is 168 Å². The molecule has 0 spiro atoms. The minimum atomic E-state index is 0.178. The lowest BCUT2D eigenvalue weighted by Gasteiger charge is -2.20. The maximum atomic E-state index is 6.23. The third kappa shape index (κ3) is 6.25. The molecule has 1 aromatic carbocycles. The Morgan fingerprint density at radius 1 is 1.14 bits per heavy atom. The monoisotopic (exact) mass is 386 g/mol. The lowest BCUT2D eigenvalue weighted by molar-refractivity contribution is 0.191. The molecule has 0 aliphatic heterocycles. The molecule has 0 amide bonds. The Bertz CT molecular complexity index is 796. The van der Waals surface area contributed by atoms with E-state index in [1.165, 1.54) is 5.56 Å². The summed E-state index contributed by atoms with van der Waals surface area (Å²) in [4.78, 5) is 4.30. The van der Waals surface area contributed by atoms with Gasteiger partial charge in [0.1, 0.15) is 11.6 Å². The first-order chi connectivity index (χ1) is 13.3. The van der Waals surface area contributed by atoms with Gasteiger partial charge in [-0.05, 0) is 44.7 Å². The van der Waals surface area contributed by atoms with E-state index in [4.69, 9.17) is 4.74 Å². The highest BCUT2D eigenvalue weighted by Gasteiger charge is 2.12. The van der Waals surface area contributed by atoms with E-state index in [-0.39, 0.29) is 6.10 Å². The molecular weight excluding hydrogens is 352 g/mol.